The molecule has 0 spiro atoms. The Hall–Kier alpha value is -3.92. The molecular weight excluding hydrogens is 356 g/mol. The number of hydrogen-bond donors (Lipinski definition) is 4. The van der Waals surface area contributed by atoms with Crippen molar-refractivity contribution in [2.45, 2.75) is 5.41 Å². The first-order valence-electron chi connectivity index (χ1n) is 9.55. The number of anilines is 4. The van der Waals surface area contributed by atoms with E-state index < -0.39 is 5.41 Å². The summed E-state index contributed by atoms with van der Waals surface area (Å²) in [5, 5.41) is 0. The van der Waals surface area contributed by atoms with Gasteiger partial charge < -0.3 is 22.9 Å². The fourth-order valence-electron chi connectivity index (χ4n) is 4.87. The van der Waals surface area contributed by atoms with Crippen LogP contribution in [-0.4, -0.2) is 0 Å². The smallest absolute Gasteiger partial charge is 0.0755 e. The van der Waals surface area contributed by atoms with Gasteiger partial charge in [-0.25, -0.2) is 0 Å². The van der Waals surface area contributed by atoms with Crippen molar-refractivity contribution < 1.29 is 0 Å². The van der Waals surface area contributed by atoms with Crippen LogP contribution in [0, 0.1) is 0 Å². The molecule has 4 aromatic rings. The quantitative estimate of drug-likeness (QED) is 0.342. The number of hydrogen-bond acceptors (Lipinski definition) is 4. The van der Waals surface area contributed by atoms with E-state index in [1.807, 2.05) is 60.7 Å². The van der Waals surface area contributed by atoms with Crippen LogP contribution in [0.2, 0.25) is 0 Å². The topological polar surface area (TPSA) is 104 Å². The molecule has 29 heavy (non-hydrogen) atoms. The first-order chi connectivity index (χ1) is 14.1. The Bertz CT molecular complexity index is 1160. The molecule has 0 aliphatic heterocycles. The minimum Gasteiger partial charge on any atom is -0.398 e. The van der Waals surface area contributed by atoms with Crippen LogP contribution in [-0.2, 0) is 5.41 Å². The summed E-state index contributed by atoms with van der Waals surface area (Å²) in [6, 6.07) is 27.8. The van der Waals surface area contributed by atoms with Crippen molar-refractivity contribution >= 4 is 22.7 Å². The first kappa shape index (κ1) is 17.2. The molecule has 0 bridgehead atoms. The van der Waals surface area contributed by atoms with Crippen molar-refractivity contribution in [3.05, 3.63) is 107 Å². The highest BCUT2D eigenvalue weighted by Gasteiger charge is 2.49. The van der Waals surface area contributed by atoms with Gasteiger partial charge in [-0.1, -0.05) is 60.7 Å². The minimum absolute atomic E-state index is 0.688. The van der Waals surface area contributed by atoms with Gasteiger partial charge in [0.25, 0.3) is 0 Å². The SMILES string of the molecule is Nc1ccccc1C1(c2ccccc2N)c2cccc(N)c2-c2c(N)cccc21. The Morgan fingerprint density at radius 1 is 0.379 bits per heavy atom. The Labute approximate surface area is 169 Å². The molecule has 0 amide bonds. The molecule has 0 atom stereocenters. The zero-order valence-electron chi connectivity index (χ0n) is 15.9. The molecular formula is C25H22N4. The largest absolute Gasteiger partial charge is 0.398 e. The zero-order valence-corrected chi connectivity index (χ0v) is 15.9. The van der Waals surface area contributed by atoms with Crippen molar-refractivity contribution in [1.82, 2.24) is 0 Å². The Balaban J connectivity index is 2.07. The van der Waals surface area contributed by atoms with E-state index >= 15 is 0 Å². The van der Waals surface area contributed by atoms with Gasteiger partial charge in [-0.05, 0) is 46.5 Å². The third-order valence-electron chi connectivity index (χ3n) is 5.98. The van der Waals surface area contributed by atoms with Crippen LogP contribution in [0.3, 0.4) is 0 Å². The number of fused-ring (bicyclic) bond motifs is 3. The average molecular weight is 378 g/mol. The standard InChI is InChI=1S/C25H22N4/c26-19-11-3-1-7-15(19)25(16-8-2-4-12-20(16)27)17-9-5-13-21(28)23(17)24-18(25)10-6-14-22(24)29/h1-14H,26-29H2. The Morgan fingerprint density at radius 3 is 1.14 bits per heavy atom. The third kappa shape index (κ3) is 2.14. The average Bonchev–Trinajstić information content (AvgIpc) is 3.02. The molecule has 142 valence electrons. The lowest BCUT2D eigenvalue weighted by Gasteiger charge is -2.35. The van der Waals surface area contributed by atoms with Gasteiger partial charge >= 0.3 is 0 Å². The van der Waals surface area contributed by atoms with E-state index in [1.165, 1.54) is 0 Å². The minimum atomic E-state index is -0.702. The first-order valence-corrected chi connectivity index (χ1v) is 9.55. The maximum atomic E-state index is 6.56. The highest BCUT2D eigenvalue weighted by molar-refractivity contribution is 5.98. The second kappa shape index (κ2) is 6.04. The fraction of sp³-hybridized carbons (Fsp3) is 0.0400. The van der Waals surface area contributed by atoms with E-state index in [0.717, 1.165) is 33.4 Å². The predicted octanol–water partition coefficient (Wildman–Crippen LogP) is 4.38. The van der Waals surface area contributed by atoms with Crippen LogP contribution in [0.5, 0.6) is 0 Å². The van der Waals surface area contributed by atoms with Crippen LogP contribution in [0.1, 0.15) is 22.3 Å². The molecule has 4 heteroatoms. The lowest BCUT2D eigenvalue weighted by atomic mass is 9.66. The maximum absolute atomic E-state index is 6.56. The summed E-state index contributed by atoms with van der Waals surface area (Å²) in [5.41, 5.74) is 34.1. The number of rotatable bonds is 2. The molecule has 1 aliphatic rings. The van der Waals surface area contributed by atoms with Crippen molar-refractivity contribution in [3.8, 4) is 11.1 Å². The second-order valence-corrected chi connectivity index (χ2v) is 7.46. The number of nitrogens with two attached hydrogens (primary N) is 4. The molecule has 0 radical (unpaired) electrons. The fourth-order valence-corrected chi connectivity index (χ4v) is 4.87. The summed E-state index contributed by atoms with van der Waals surface area (Å²) >= 11 is 0. The normalized spacial score (nSPS) is 13.7. The van der Waals surface area contributed by atoms with Gasteiger partial charge in [0, 0.05) is 33.9 Å². The zero-order chi connectivity index (χ0) is 20.2. The van der Waals surface area contributed by atoms with Crippen molar-refractivity contribution in [2.75, 3.05) is 22.9 Å². The molecule has 0 saturated heterocycles. The lowest BCUT2D eigenvalue weighted by Crippen LogP contribution is -2.30. The predicted molar refractivity (Wildman–Crippen MR) is 121 cm³/mol. The van der Waals surface area contributed by atoms with Gasteiger partial charge in [-0.15, -0.1) is 0 Å². The maximum Gasteiger partial charge on any atom is 0.0755 e. The highest BCUT2D eigenvalue weighted by Crippen LogP contribution is 2.60. The number of para-hydroxylation sites is 2. The molecule has 0 heterocycles. The number of benzene rings is 4. The van der Waals surface area contributed by atoms with Crippen molar-refractivity contribution in [1.29, 1.82) is 0 Å². The summed E-state index contributed by atoms with van der Waals surface area (Å²) in [7, 11) is 0. The van der Waals surface area contributed by atoms with E-state index in [2.05, 4.69) is 24.3 Å². The molecule has 0 unspecified atom stereocenters. The van der Waals surface area contributed by atoms with Gasteiger partial charge in [-0.3, -0.25) is 0 Å². The highest BCUT2D eigenvalue weighted by atomic mass is 14.7. The van der Waals surface area contributed by atoms with Crippen molar-refractivity contribution in [2.24, 2.45) is 0 Å². The van der Waals surface area contributed by atoms with E-state index in [4.69, 9.17) is 22.9 Å². The molecule has 0 saturated carbocycles. The van der Waals surface area contributed by atoms with Crippen LogP contribution >= 0.6 is 0 Å². The molecule has 4 aromatic carbocycles. The van der Waals surface area contributed by atoms with Crippen LogP contribution in [0.4, 0.5) is 22.7 Å². The summed E-state index contributed by atoms with van der Waals surface area (Å²) in [5.74, 6) is 0. The van der Waals surface area contributed by atoms with E-state index in [1.54, 1.807) is 0 Å². The lowest BCUT2D eigenvalue weighted by molar-refractivity contribution is 0.774. The van der Waals surface area contributed by atoms with Crippen LogP contribution in [0.25, 0.3) is 11.1 Å². The number of nitrogen functional groups attached to an aromatic ring is 4. The van der Waals surface area contributed by atoms with E-state index in [-0.39, 0.29) is 0 Å². The van der Waals surface area contributed by atoms with Crippen molar-refractivity contribution in [3.63, 3.8) is 0 Å². The van der Waals surface area contributed by atoms with Crippen LogP contribution < -0.4 is 22.9 Å². The molecule has 8 N–H and O–H groups in total. The summed E-state index contributed by atoms with van der Waals surface area (Å²) in [6.45, 7) is 0. The molecule has 0 fully saturated rings. The van der Waals surface area contributed by atoms with Crippen LogP contribution in [0.15, 0.2) is 84.9 Å². The van der Waals surface area contributed by atoms with Gasteiger partial charge in [0.1, 0.15) is 0 Å². The monoisotopic (exact) mass is 378 g/mol. The molecule has 1 aliphatic carbocycles. The van der Waals surface area contributed by atoms with E-state index in [9.17, 15) is 0 Å². The summed E-state index contributed by atoms with van der Waals surface area (Å²) in [4.78, 5) is 0. The summed E-state index contributed by atoms with van der Waals surface area (Å²) in [6.07, 6.45) is 0. The van der Waals surface area contributed by atoms with Gasteiger partial charge in [0.2, 0.25) is 0 Å². The van der Waals surface area contributed by atoms with Gasteiger partial charge in [0.15, 0.2) is 0 Å². The van der Waals surface area contributed by atoms with E-state index in [0.29, 0.717) is 22.7 Å². The molecule has 4 nitrogen and oxygen atoms in total. The Kier molecular flexibility index (Phi) is 3.58. The van der Waals surface area contributed by atoms with Gasteiger partial charge in [-0.2, -0.15) is 0 Å². The van der Waals surface area contributed by atoms with Gasteiger partial charge in [0.05, 0.1) is 5.41 Å². The second-order valence-electron chi connectivity index (χ2n) is 7.46. The summed E-state index contributed by atoms with van der Waals surface area (Å²) < 4.78 is 0. The molecule has 5 rings (SSSR count). The Morgan fingerprint density at radius 2 is 0.724 bits per heavy atom. The third-order valence-corrected chi connectivity index (χ3v) is 5.98. The molecule has 0 aromatic heterocycles.